The molecule has 0 N–H and O–H groups in total. The van der Waals surface area contributed by atoms with Gasteiger partial charge in [-0.2, -0.15) is 0 Å². The van der Waals surface area contributed by atoms with Gasteiger partial charge in [0.25, 0.3) is 0 Å². The van der Waals surface area contributed by atoms with E-state index < -0.39 is 5.41 Å². The van der Waals surface area contributed by atoms with E-state index in [9.17, 15) is 0 Å². The minimum absolute atomic E-state index is 0.140. The molecule has 3 aliphatic carbocycles. The van der Waals surface area contributed by atoms with Crippen LogP contribution in [0.4, 0.5) is 17.1 Å². The predicted molar refractivity (Wildman–Crippen MR) is 276 cm³/mol. The van der Waals surface area contributed by atoms with Crippen molar-refractivity contribution in [3.05, 3.63) is 221 Å². The fourth-order valence-corrected chi connectivity index (χ4v) is 15.4. The molecule has 0 saturated heterocycles. The van der Waals surface area contributed by atoms with E-state index in [1.807, 2.05) is 23.1 Å². The molecule has 9 aromatic carbocycles. The first-order valence-electron chi connectivity index (χ1n) is 23.5. The first kappa shape index (κ1) is 37.9. The highest BCUT2D eigenvalue weighted by atomic mass is 32.2. The van der Waals surface area contributed by atoms with Crippen LogP contribution < -0.4 is 4.90 Å². The molecule has 4 aliphatic rings. The molecule has 0 unspecified atom stereocenters. The molecule has 65 heavy (non-hydrogen) atoms. The summed E-state index contributed by atoms with van der Waals surface area (Å²) in [7, 11) is 0. The molecule has 3 heteroatoms. The molecule has 1 nitrogen and oxygen atoms in total. The van der Waals surface area contributed by atoms with Crippen molar-refractivity contribution in [2.24, 2.45) is 0 Å². The Kier molecular flexibility index (Phi) is 8.20. The van der Waals surface area contributed by atoms with Gasteiger partial charge in [0.2, 0.25) is 0 Å². The van der Waals surface area contributed by atoms with Gasteiger partial charge >= 0.3 is 0 Å². The van der Waals surface area contributed by atoms with Crippen LogP contribution in [0.5, 0.6) is 0 Å². The Hall–Kier alpha value is -6.39. The lowest BCUT2D eigenvalue weighted by Gasteiger charge is -2.42. The van der Waals surface area contributed by atoms with Crippen molar-refractivity contribution in [1.82, 2.24) is 0 Å². The van der Waals surface area contributed by atoms with Crippen LogP contribution in [0.1, 0.15) is 90.8 Å². The van der Waals surface area contributed by atoms with Gasteiger partial charge in [-0.05, 0) is 133 Å². The van der Waals surface area contributed by atoms with E-state index in [0.29, 0.717) is 5.92 Å². The van der Waals surface area contributed by atoms with Gasteiger partial charge in [0.15, 0.2) is 0 Å². The normalized spacial score (nSPS) is 16.3. The Bertz CT molecular complexity index is 3570. The van der Waals surface area contributed by atoms with Gasteiger partial charge < -0.3 is 4.90 Å². The molecule has 1 saturated carbocycles. The van der Waals surface area contributed by atoms with Gasteiger partial charge in [0, 0.05) is 46.8 Å². The van der Waals surface area contributed by atoms with Crippen molar-refractivity contribution in [2.75, 3.05) is 4.90 Å². The van der Waals surface area contributed by atoms with Crippen LogP contribution in [0, 0.1) is 0 Å². The number of hydrogen-bond acceptors (Lipinski definition) is 3. The SMILES string of the molecule is CC1(C)c2ccccc2-c2ccc(N(c3cc(C4CCCCC4)c4c(c3)C3(c5ccccc5S4)c4ccccc4-c4ccccc43)c3cccc4sc5c6ccccc6ccc5c34)cc21. The number of thiophene rings is 1. The van der Waals surface area contributed by atoms with Crippen LogP contribution in [-0.2, 0) is 10.8 Å². The number of hydrogen-bond donors (Lipinski definition) is 0. The zero-order chi connectivity index (χ0) is 43.0. The summed E-state index contributed by atoms with van der Waals surface area (Å²) >= 11 is 3.96. The van der Waals surface area contributed by atoms with Crippen LogP contribution in [0.25, 0.3) is 53.2 Å². The zero-order valence-corrected chi connectivity index (χ0v) is 38.3. The molecular weight excluding hydrogens is 823 g/mol. The second-order valence-corrected chi connectivity index (χ2v) is 21.4. The van der Waals surface area contributed by atoms with E-state index in [2.05, 4.69) is 201 Å². The first-order chi connectivity index (χ1) is 32.0. The number of anilines is 3. The van der Waals surface area contributed by atoms with Gasteiger partial charge in [-0.25, -0.2) is 0 Å². The largest absolute Gasteiger partial charge is 0.310 e. The zero-order valence-electron chi connectivity index (χ0n) is 36.7. The smallest absolute Gasteiger partial charge is 0.0736 e. The van der Waals surface area contributed by atoms with Crippen molar-refractivity contribution in [2.45, 2.75) is 72.5 Å². The fourth-order valence-electron chi connectivity index (χ4n) is 12.8. The molecule has 312 valence electrons. The van der Waals surface area contributed by atoms with Crippen molar-refractivity contribution in [3.8, 4) is 22.3 Å². The molecule has 0 radical (unpaired) electrons. The Balaban J connectivity index is 1.11. The summed E-state index contributed by atoms with van der Waals surface area (Å²) in [5, 5.41) is 5.26. The fraction of sp³-hybridized carbons (Fsp3) is 0.161. The average Bonchev–Trinajstić information content (AvgIpc) is 3.97. The van der Waals surface area contributed by atoms with E-state index in [1.54, 1.807) is 0 Å². The lowest BCUT2D eigenvalue weighted by molar-refractivity contribution is 0.438. The molecule has 0 amide bonds. The Morgan fingerprint density at radius 2 is 1.14 bits per heavy atom. The van der Waals surface area contributed by atoms with E-state index in [0.717, 1.165) is 0 Å². The van der Waals surface area contributed by atoms with E-state index in [1.165, 1.54) is 151 Å². The van der Waals surface area contributed by atoms with Crippen LogP contribution >= 0.6 is 23.1 Å². The summed E-state index contributed by atoms with van der Waals surface area (Å²) in [6, 6.07) is 70.3. The van der Waals surface area contributed by atoms with E-state index >= 15 is 0 Å². The summed E-state index contributed by atoms with van der Waals surface area (Å²) in [6.07, 6.45) is 6.32. The minimum atomic E-state index is -0.475. The quantitative estimate of drug-likeness (QED) is 0.173. The number of rotatable bonds is 4. The second kappa shape index (κ2) is 14.1. The van der Waals surface area contributed by atoms with Gasteiger partial charge in [-0.3, -0.25) is 0 Å². The van der Waals surface area contributed by atoms with Gasteiger partial charge in [0.05, 0.1) is 11.1 Å². The Morgan fingerprint density at radius 1 is 0.492 bits per heavy atom. The van der Waals surface area contributed by atoms with Crippen LogP contribution in [-0.4, -0.2) is 0 Å². The predicted octanol–water partition coefficient (Wildman–Crippen LogP) is 17.9. The summed E-state index contributed by atoms with van der Waals surface area (Å²) < 4.78 is 2.67. The lowest BCUT2D eigenvalue weighted by atomic mass is 9.66. The maximum Gasteiger partial charge on any atom is 0.0736 e. The molecule has 1 spiro atoms. The lowest BCUT2D eigenvalue weighted by Crippen LogP contribution is -2.33. The van der Waals surface area contributed by atoms with Crippen LogP contribution in [0.3, 0.4) is 0 Å². The molecule has 1 aromatic heterocycles. The topological polar surface area (TPSA) is 3.24 Å². The molecular formula is C62H47NS2. The monoisotopic (exact) mass is 869 g/mol. The molecule has 0 bridgehead atoms. The molecule has 1 fully saturated rings. The first-order valence-corrected chi connectivity index (χ1v) is 25.2. The van der Waals surface area contributed by atoms with Crippen molar-refractivity contribution in [3.63, 3.8) is 0 Å². The van der Waals surface area contributed by atoms with E-state index in [4.69, 9.17) is 0 Å². The highest BCUT2D eigenvalue weighted by Crippen LogP contribution is 2.64. The van der Waals surface area contributed by atoms with Gasteiger partial charge in [0.1, 0.15) is 0 Å². The molecule has 14 rings (SSSR count). The third kappa shape index (κ3) is 5.23. The highest BCUT2D eigenvalue weighted by Gasteiger charge is 2.51. The Morgan fingerprint density at radius 3 is 1.92 bits per heavy atom. The average molecular weight is 870 g/mol. The van der Waals surface area contributed by atoms with Crippen LogP contribution in [0.2, 0.25) is 0 Å². The van der Waals surface area contributed by atoms with Crippen LogP contribution in [0.15, 0.2) is 192 Å². The standard InChI is InChI=1S/C62H47NS2/c1-61(2)49-24-11-8-21-43(49)46-34-32-40(36-53(46)61)63(55-28-16-30-57-58(55)47-33-31-39-19-6-7-20-42(39)59(47)65-57)41-35-48(38-17-4-3-5-18-38)60-54(37-41)62(52-27-14-15-29-56(52)64-60)50-25-12-9-22-44(50)45-23-10-13-26-51(45)62/h6-16,19-38H,3-5,17-18H2,1-2H3. The van der Waals surface area contributed by atoms with E-state index in [-0.39, 0.29) is 5.41 Å². The summed E-state index contributed by atoms with van der Waals surface area (Å²) in [5.41, 5.74) is 18.4. The number of nitrogens with zero attached hydrogens (tertiary/aromatic N) is 1. The Labute approximate surface area is 389 Å². The van der Waals surface area contributed by atoms with Gasteiger partial charge in [-0.1, -0.05) is 184 Å². The summed E-state index contributed by atoms with van der Waals surface area (Å²) in [5.74, 6) is 0.485. The van der Waals surface area contributed by atoms with Crippen molar-refractivity contribution < 1.29 is 0 Å². The maximum atomic E-state index is 2.67. The molecule has 10 aromatic rings. The number of fused-ring (bicyclic) bond motifs is 17. The molecule has 1 aliphatic heterocycles. The summed E-state index contributed by atoms with van der Waals surface area (Å²) in [6.45, 7) is 4.83. The molecule has 2 heterocycles. The third-order valence-electron chi connectivity index (χ3n) is 15.7. The van der Waals surface area contributed by atoms with Crippen molar-refractivity contribution >= 4 is 71.1 Å². The highest BCUT2D eigenvalue weighted by molar-refractivity contribution is 7.99. The minimum Gasteiger partial charge on any atom is -0.310 e. The maximum absolute atomic E-state index is 2.67. The number of benzene rings is 9. The molecule has 0 atom stereocenters. The second-order valence-electron chi connectivity index (χ2n) is 19.3. The van der Waals surface area contributed by atoms with Crippen molar-refractivity contribution in [1.29, 1.82) is 0 Å². The summed E-state index contributed by atoms with van der Waals surface area (Å²) in [4.78, 5) is 5.50. The third-order valence-corrected chi connectivity index (χ3v) is 18.1. The van der Waals surface area contributed by atoms with Gasteiger partial charge in [-0.15, -0.1) is 11.3 Å².